The molecule has 3 aliphatic carbocycles. The number of nitrogens with zero attached hydrogens (tertiary/aromatic N) is 2. The number of allylic oxidation sites excluding steroid dienone is 2. The van der Waals surface area contributed by atoms with Gasteiger partial charge in [0.15, 0.2) is 11.2 Å². The Balaban J connectivity index is 1.55. The van der Waals surface area contributed by atoms with Gasteiger partial charge in [0.1, 0.15) is 22.9 Å². The Hall–Kier alpha value is -3.96. The van der Waals surface area contributed by atoms with Crippen molar-refractivity contribution >= 4 is 33.8 Å². The highest BCUT2D eigenvalue weighted by Gasteiger charge is 2.62. The molecular formula is C28H20F6N2O4. The summed E-state index contributed by atoms with van der Waals surface area (Å²) in [5.74, 6) is -9.49. The van der Waals surface area contributed by atoms with E-state index < -0.39 is 41.2 Å². The van der Waals surface area contributed by atoms with Crippen LogP contribution in [-0.2, 0) is 9.59 Å². The summed E-state index contributed by atoms with van der Waals surface area (Å²) in [4.78, 5) is 34.0. The molecule has 0 saturated heterocycles. The van der Waals surface area contributed by atoms with Crippen molar-refractivity contribution in [3.63, 3.8) is 0 Å². The van der Waals surface area contributed by atoms with Gasteiger partial charge in [-0.1, -0.05) is 30.3 Å². The standard InChI is InChI=1S/C28H20F6N2O4/c29-27(30,31)22(37)21(23(38)28(32,33)34)26-11-9-14(10-12-26)15(13-26)20(24-35-16-5-1-3-7-18(16)39-24)25-36-17-6-2-4-8-19(17)40-25/h1-8,13-14,20-21H,9-12H2. The Kier molecular flexibility index (Phi) is 5.93. The van der Waals surface area contributed by atoms with Gasteiger partial charge in [0.05, 0.1) is 0 Å². The van der Waals surface area contributed by atoms with E-state index in [4.69, 9.17) is 8.83 Å². The molecule has 2 heterocycles. The summed E-state index contributed by atoms with van der Waals surface area (Å²) in [6, 6.07) is 13.6. The Morgan fingerprint density at radius 1 is 0.775 bits per heavy atom. The maximum absolute atomic E-state index is 13.6. The number of alkyl halides is 6. The number of oxazole rings is 2. The second kappa shape index (κ2) is 9.03. The van der Waals surface area contributed by atoms with E-state index >= 15 is 0 Å². The van der Waals surface area contributed by atoms with Crippen LogP contribution in [-0.4, -0.2) is 33.9 Å². The number of carbonyl (C=O) groups is 2. The fraction of sp³-hybridized carbons (Fsp3) is 0.357. The number of Topliss-reactive ketones (excluding diaryl/α,β-unsaturated/α-hetero) is 2. The average Bonchev–Trinajstić information content (AvgIpc) is 3.52. The van der Waals surface area contributed by atoms with E-state index in [9.17, 15) is 35.9 Å². The first kappa shape index (κ1) is 26.3. The van der Waals surface area contributed by atoms with E-state index in [-0.39, 0.29) is 43.4 Å². The molecule has 208 valence electrons. The number of hydrogen-bond acceptors (Lipinski definition) is 6. The fourth-order valence-electron chi connectivity index (χ4n) is 6.16. The number of aromatic nitrogens is 2. The molecular weight excluding hydrogens is 542 g/mol. The van der Waals surface area contributed by atoms with Crippen molar-refractivity contribution < 1.29 is 44.8 Å². The molecule has 1 saturated carbocycles. The first-order chi connectivity index (χ1) is 18.9. The molecule has 0 aliphatic heterocycles. The van der Waals surface area contributed by atoms with Gasteiger partial charge < -0.3 is 8.83 Å². The molecule has 4 aromatic rings. The lowest BCUT2D eigenvalue weighted by Crippen LogP contribution is -2.52. The lowest BCUT2D eigenvalue weighted by atomic mass is 9.54. The van der Waals surface area contributed by atoms with Gasteiger partial charge in [-0.15, -0.1) is 0 Å². The quantitative estimate of drug-likeness (QED) is 0.142. The second-order valence-corrected chi connectivity index (χ2v) is 10.3. The number of ketones is 2. The molecule has 0 amide bonds. The molecule has 12 heteroatoms. The summed E-state index contributed by atoms with van der Waals surface area (Å²) in [7, 11) is 0. The zero-order valence-electron chi connectivity index (χ0n) is 20.6. The second-order valence-electron chi connectivity index (χ2n) is 10.3. The van der Waals surface area contributed by atoms with E-state index in [1.807, 2.05) is 0 Å². The molecule has 2 aromatic carbocycles. The predicted octanol–water partition coefficient (Wildman–Crippen LogP) is 7.10. The summed E-state index contributed by atoms with van der Waals surface area (Å²) in [6.45, 7) is 0. The molecule has 0 N–H and O–H groups in total. The third kappa shape index (κ3) is 4.29. The minimum absolute atomic E-state index is 0.0857. The maximum atomic E-state index is 13.6. The van der Waals surface area contributed by atoms with E-state index in [1.165, 1.54) is 6.08 Å². The highest BCUT2D eigenvalue weighted by molar-refractivity contribution is 6.08. The topological polar surface area (TPSA) is 86.2 Å². The van der Waals surface area contributed by atoms with Crippen LogP contribution in [0.2, 0.25) is 0 Å². The van der Waals surface area contributed by atoms with Crippen molar-refractivity contribution in [3.05, 3.63) is 72.0 Å². The zero-order chi connectivity index (χ0) is 28.4. The van der Waals surface area contributed by atoms with Crippen molar-refractivity contribution in [2.45, 2.75) is 44.0 Å². The van der Waals surface area contributed by atoms with Crippen LogP contribution in [0.25, 0.3) is 22.2 Å². The monoisotopic (exact) mass is 562 g/mol. The van der Waals surface area contributed by atoms with Gasteiger partial charge in [-0.25, -0.2) is 9.97 Å². The van der Waals surface area contributed by atoms with Crippen LogP contribution in [0.5, 0.6) is 0 Å². The van der Waals surface area contributed by atoms with Crippen LogP contribution < -0.4 is 0 Å². The van der Waals surface area contributed by atoms with Crippen LogP contribution in [0.15, 0.2) is 69.0 Å². The van der Waals surface area contributed by atoms with Crippen molar-refractivity contribution in [3.8, 4) is 0 Å². The van der Waals surface area contributed by atoms with Crippen LogP contribution in [0.3, 0.4) is 0 Å². The maximum Gasteiger partial charge on any atom is 0.450 e. The molecule has 0 unspecified atom stereocenters. The molecule has 0 radical (unpaired) electrons. The summed E-state index contributed by atoms with van der Waals surface area (Å²) in [5.41, 5.74) is 0.143. The summed E-state index contributed by atoms with van der Waals surface area (Å²) >= 11 is 0. The molecule has 6 nitrogen and oxygen atoms in total. The van der Waals surface area contributed by atoms with Crippen molar-refractivity contribution in [2.75, 3.05) is 0 Å². The van der Waals surface area contributed by atoms with Crippen LogP contribution >= 0.6 is 0 Å². The van der Waals surface area contributed by atoms with Crippen LogP contribution in [0.1, 0.15) is 43.4 Å². The van der Waals surface area contributed by atoms with Crippen LogP contribution in [0, 0.1) is 17.3 Å². The first-order valence-electron chi connectivity index (χ1n) is 12.5. The van der Waals surface area contributed by atoms with Crippen LogP contribution in [0.4, 0.5) is 26.3 Å². The summed E-state index contributed by atoms with van der Waals surface area (Å²) in [6.07, 6.45) is -10.1. The van der Waals surface area contributed by atoms with Gasteiger partial charge in [-0.05, 0) is 61.4 Å². The minimum atomic E-state index is -5.64. The lowest BCUT2D eigenvalue weighted by molar-refractivity contribution is -0.195. The van der Waals surface area contributed by atoms with Gasteiger partial charge in [-0.3, -0.25) is 9.59 Å². The van der Waals surface area contributed by atoms with Crippen molar-refractivity contribution in [2.24, 2.45) is 17.3 Å². The molecule has 0 spiro atoms. The third-order valence-electron chi connectivity index (χ3n) is 7.95. The van der Waals surface area contributed by atoms with E-state index in [0.717, 1.165) is 0 Å². The third-order valence-corrected chi connectivity index (χ3v) is 7.95. The number of benzene rings is 2. The molecule has 2 bridgehead atoms. The number of carbonyl (C=O) groups excluding carboxylic acids is 2. The highest BCUT2D eigenvalue weighted by atomic mass is 19.4. The smallest absolute Gasteiger partial charge is 0.439 e. The Morgan fingerprint density at radius 3 is 1.65 bits per heavy atom. The molecule has 40 heavy (non-hydrogen) atoms. The van der Waals surface area contributed by atoms with Gasteiger partial charge in [0.2, 0.25) is 23.3 Å². The lowest BCUT2D eigenvalue weighted by Gasteiger charge is -2.49. The van der Waals surface area contributed by atoms with Gasteiger partial charge in [-0.2, -0.15) is 26.3 Å². The van der Waals surface area contributed by atoms with E-state index in [1.54, 1.807) is 48.5 Å². The Bertz CT molecular complexity index is 1490. The number of para-hydroxylation sites is 4. The largest absolute Gasteiger partial charge is 0.450 e. The number of halogens is 6. The van der Waals surface area contributed by atoms with Crippen molar-refractivity contribution in [1.29, 1.82) is 0 Å². The minimum Gasteiger partial charge on any atom is -0.439 e. The number of rotatable bonds is 6. The normalized spacial score (nSPS) is 21.5. The number of hydrogen-bond donors (Lipinski definition) is 0. The molecule has 0 atom stereocenters. The zero-order valence-corrected chi connectivity index (χ0v) is 20.6. The van der Waals surface area contributed by atoms with Crippen molar-refractivity contribution in [1.82, 2.24) is 9.97 Å². The Labute approximate surface area is 222 Å². The highest BCUT2D eigenvalue weighted by Crippen LogP contribution is 2.58. The van der Waals surface area contributed by atoms with E-state index in [0.29, 0.717) is 27.8 Å². The average molecular weight is 562 g/mol. The first-order valence-corrected chi connectivity index (χ1v) is 12.5. The predicted molar refractivity (Wildman–Crippen MR) is 128 cm³/mol. The van der Waals surface area contributed by atoms with E-state index in [2.05, 4.69) is 9.97 Å². The molecule has 2 aromatic heterocycles. The molecule has 1 fully saturated rings. The fourth-order valence-corrected chi connectivity index (χ4v) is 6.16. The summed E-state index contributed by atoms with van der Waals surface area (Å²) < 4.78 is 93.6. The molecule has 3 aliphatic rings. The SMILES string of the molecule is O=C(C(C(=O)C(F)(F)F)C12C=C(C(c3nc4ccccc4o3)c3nc4ccccc4o3)C(CC1)CC2)C(F)(F)F. The molecule has 7 rings (SSSR count). The summed E-state index contributed by atoms with van der Waals surface area (Å²) in [5, 5.41) is 0. The van der Waals surface area contributed by atoms with Gasteiger partial charge in [0, 0.05) is 5.41 Å². The van der Waals surface area contributed by atoms with Gasteiger partial charge in [0.25, 0.3) is 0 Å². The van der Waals surface area contributed by atoms with Gasteiger partial charge >= 0.3 is 12.4 Å². The Morgan fingerprint density at radius 2 is 1.23 bits per heavy atom. The number of fused-ring (bicyclic) bond motifs is 4.